The van der Waals surface area contributed by atoms with Crippen molar-refractivity contribution in [2.45, 2.75) is 38.5 Å². The fourth-order valence-electron chi connectivity index (χ4n) is 3.96. The Morgan fingerprint density at radius 2 is 1.27 bits per heavy atom. The molecule has 0 unspecified atom stereocenters. The molecular formula is C21H27N7O2. The van der Waals surface area contributed by atoms with Crippen molar-refractivity contribution >= 4 is 23.6 Å². The van der Waals surface area contributed by atoms with E-state index in [-0.39, 0.29) is 5.56 Å². The Hall–Kier alpha value is -3.23. The number of carboxylic acids is 1. The van der Waals surface area contributed by atoms with Crippen molar-refractivity contribution in [3.8, 4) is 0 Å². The Balaban J connectivity index is 1.73. The van der Waals surface area contributed by atoms with Gasteiger partial charge in [-0.1, -0.05) is 12.1 Å². The second kappa shape index (κ2) is 9.06. The third-order valence-electron chi connectivity index (χ3n) is 5.64. The first-order chi connectivity index (χ1) is 14.7. The number of aromatic nitrogens is 3. The van der Waals surface area contributed by atoms with Crippen molar-refractivity contribution in [1.29, 1.82) is 0 Å². The van der Waals surface area contributed by atoms with E-state index in [1.54, 1.807) is 12.1 Å². The summed E-state index contributed by atoms with van der Waals surface area (Å²) in [6.07, 6.45) is 6.92. The highest BCUT2D eigenvalue weighted by Crippen LogP contribution is 2.22. The van der Waals surface area contributed by atoms with Gasteiger partial charge in [0.05, 0.1) is 5.56 Å². The zero-order valence-corrected chi connectivity index (χ0v) is 17.0. The maximum Gasteiger partial charge on any atom is 0.335 e. The van der Waals surface area contributed by atoms with E-state index in [1.165, 1.54) is 25.0 Å². The second-order valence-electron chi connectivity index (χ2n) is 7.71. The quantitative estimate of drug-likeness (QED) is 0.438. The molecule has 0 spiro atoms. The lowest BCUT2D eigenvalue weighted by atomic mass is 10.1. The molecule has 9 nitrogen and oxygen atoms in total. The Morgan fingerprint density at radius 3 is 1.70 bits per heavy atom. The molecular weight excluding hydrogens is 382 g/mol. The molecule has 2 fully saturated rings. The molecule has 1 aromatic heterocycles. The van der Waals surface area contributed by atoms with Crippen molar-refractivity contribution in [3.05, 3.63) is 41.2 Å². The van der Waals surface area contributed by atoms with E-state index in [2.05, 4.69) is 14.9 Å². The summed E-state index contributed by atoms with van der Waals surface area (Å²) < 4.78 is 0. The third kappa shape index (κ3) is 4.34. The van der Waals surface area contributed by atoms with Crippen LogP contribution < -0.4 is 15.6 Å². The van der Waals surface area contributed by atoms with Gasteiger partial charge in [0, 0.05) is 31.7 Å². The Kier molecular flexibility index (Phi) is 6.06. The summed E-state index contributed by atoms with van der Waals surface area (Å²) in [5, 5.41) is 13.1. The van der Waals surface area contributed by atoms with Crippen LogP contribution in [0.5, 0.6) is 0 Å². The lowest BCUT2D eigenvalue weighted by Gasteiger charge is -2.30. The molecule has 2 aliphatic rings. The predicted octanol–water partition coefficient (Wildman–Crippen LogP) is 2.26. The highest BCUT2D eigenvalue weighted by Gasteiger charge is 2.22. The number of nitrogens with two attached hydrogens (primary N) is 1. The molecule has 0 amide bonds. The summed E-state index contributed by atoms with van der Waals surface area (Å²) in [4.78, 5) is 29.8. The average Bonchev–Trinajstić information content (AvgIpc) is 2.81. The van der Waals surface area contributed by atoms with Crippen LogP contribution in [0.15, 0.2) is 29.4 Å². The van der Waals surface area contributed by atoms with Gasteiger partial charge in [-0.05, 0) is 50.7 Å². The van der Waals surface area contributed by atoms with Crippen LogP contribution in [0.3, 0.4) is 0 Å². The van der Waals surface area contributed by atoms with E-state index >= 15 is 0 Å². The number of anilines is 2. The highest BCUT2D eigenvalue weighted by atomic mass is 16.4. The topological polar surface area (TPSA) is 121 Å². The van der Waals surface area contributed by atoms with E-state index in [0.717, 1.165) is 51.9 Å². The molecule has 0 bridgehead atoms. The predicted molar refractivity (Wildman–Crippen MR) is 115 cm³/mol. The summed E-state index contributed by atoms with van der Waals surface area (Å²) >= 11 is 0. The van der Waals surface area contributed by atoms with Crippen molar-refractivity contribution < 1.29 is 9.90 Å². The van der Waals surface area contributed by atoms with Gasteiger partial charge in [0.25, 0.3) is 0 Å². The minimum Gasteiger partial charge on any atom is -0.478 e. The molecule has 0 radical (unpaired) electrons. The normalized spacial score (nSPS) is 17.8. The summed E-state index contributed by atoms with van der Waals surface area (Å²) in [7, 11) is 0. The first-order valence-corrected chi connectivity index (χ1v) is 10.5. The zero-order chi connectivity index (χ0) is 20.9. The standard InChI is InChI=1S/C21H27N7O2/c22-26-17(15-7-9-16(10-8-15)19(29)30)18-23-20(27-11-3-1-4-12-27)25-21(24-18)28-13-5-2-6-14-28/h7-10H,1-6,11-14,22H2,(H,29,30)/b26-17+. The van der Waals surface area contributed by atoms with Crippen molar-refractivity contribution in [3.63, 3.8) is 0 Å². The van der Waals surface area contributed by atoms with E-state index in [4.69, 9.17) is 25.9 Å². The molecule has 9 heteroatoms. The maximum atomic E-state index is 11.2. The second-order valence-corrected chi connectivity index (χ2v) is 7.71. The maximum absolute atomic E-state index is 11.2. The molecule has 30 heavy (non-hydrogen) atoms. The number of aromatic carboxylic acids is 1. The monoisotopic (exact) mass is 409 g/mol. The van der Waals surface area contributed by atoms with Crippen molar-refractivity contribution in [2.75, 3.05) is 36.0 Å². The summed E-state index contributed by atoms with van der Waals surface area (Å²) in [5.41, 5.74) is 1.29. The fraction of sp³-hybridized carbons (Fsp3) is 0.476. The summed E-state index contributed by atoms with van der Waals surface area (Å²) in [6, 6.07) is 6.42. The highest BCUT2D eigenvalue weighted by molar-refractivity contribution is 6.11. The Morgan fingerprint density at radius 1 is 0.800 bits per heavy atom. The number of benzene rings is 1. The lowest BCUT2D eigenvalue weighted by Crippen LogP contribution is -2.35. The number of carbonyl (C=O) groups is 1. The van der Waals surface area contributed by atoms with Gasteiger partial charge in [0.15, 0.2) is 5.82 Å². The smallest absolute Gasteiger partial charge is 0.335 e. The SMILES string of the molecule is N/N=C(\c1ccc(C(=O)O)cc1)c1nc(N2CCCCC2)nc(N2CCCCC2)n1. The van der Waals surface area contributed by atoms with Crippen LogP contribution in [0.1, 0.15) is 60.3 Å². The molecule has 1 aromatic carbocycles. The number of hydrogen-bond acceptors (Lipinski definition) is 8. The molecule has 0 atom stereocenters. The Labute approximate surface area is 175 Å². The van der Waals surface area contributed by atoms with Gasteiger partial charge in [-0.3, -0.25) is 0 Å². The van der Waals surface area contributed by atoms with Gasteiger partial charge in [-0.25, -0.2) is 4.79 Å². The van der Waals surface area contributed by atoms with E-state index in [0.29, 0.717) is 29.0 Å². The Bertz CT molecular complexity index is 881. The number of carboxylic acid groups (broad SMARTS) is 1. The third-order valence-corrected chi connectivity index (χ3v) is 5.64. The molecule has 4 rings (SSSR count). The number of rotatable bonds is 5. The van der Waals surface area contributed by atoms with Crippen LogP contribution in [0.4, 0.5) is 11.9 Å². The largest absolute Gasteiger partial charge is 0.478 e. The number of nitrogens with zero attached hydrogens (tertiary/aromatic N) is 6. The van der Waals surface area contributed by atoms with Gasteiger partial charge in [-0.2, -0.15) is 20.1 Å². The van der Waals surface area contributed by atoms with Crippen LogP contribution in [-0.2, 0) is 0 Å². The minimum absolute atomic E-state index is 0.203. The fourth-order valence-corrected chi connectivity index (χ4v) is 3.96. The number of hydrogen-bond donors (Lipinski definition) is 2. The first kappa shape index (κ1) is 20.1. The number of hydrazone groups is 1. The van der Waals surface area contributed by atoms with Crippen LogP contribution in [-0.4, -0.2) is 57.9 Å². The van der Waals surface area contributed by atoms with Gasteiger partial charge >= 0.3 is 5.97 Å². The van der Waals surface area contributed by atoms with Crippen LogP contribution in [0, 0.1) is 0 Å². The minimum atomic E-state index is -0.979. The van der Waals surface area contributed by atoms with Crippen LogP contribution in [0.25, 0.3) is 0 Å². The van der Waals surface area contributed by atoms with Gasteiger partial charge in [0.1, 0.15) is 5.71 Å². The molecule has 3 heterocycles. The van der Waals surface area contributed by atoms with Crippen molar-refractivity contribution in [1.82, 2.24) is 15.0 Å². The summed E-state index contributed by atoms with van der Waals surface area (Å²) in [6.45, 7) is 3.69. The molecule has 0 saturated carbocycles. The average molecular weight is 409 g/mol. The summed E-state index contributed by atoms with van der Waals surface area (Å²) in [5.74, 6) is 6.48. The molecule has 0 aliphatic carbocycles. The molecule has 3 N–H and O–H groups in total. The molecule has 2 aromatic rings. The van der Waals surface area contributed by atoms with Crippen LogP contribution in [0.2, 0.25) is 0 Å². The van der Waals surface area contributed by atoms with Gasteiger partial charge in [0.2, 0.25) is 11.9 Å². The lowest BCUT2D eigenvalue weighted by molar-refractivity contribution is 0.0697. The first-order valence-electron chi connectivity index (χ1n) is 10.5. The van der Waals surface area contributed by atoms with Gasteiger partial charge in [-0.15, -0.1) is 0 Å². The number of piperidine rings is 2. The van der Waals surface area contributed by atoms with E-state index in [9.17, 15) is 4.79 Å². The molecule has 2 saturated heterocycles. The van der Waals surface area contributed by atoms with E-state index < -0.39 is 5.97 Å². The molecule has 2 aliphatic heterocycles. The zero-order valence-electron chi connectivity index (χ0n) is 17.0. The van der Waals surface area contributed by atoms with Crippen molar-refractivity contribution in [2.24, 2.45) is 10.9 Å². The molecule has 158 valence electrons. The van der Waals surface area contributed by atoms with Crippen LogP contribution >= 0.6 is 0 Å². The van der Waals surface area contributed by atoms with Gasteiger partial charge < -0.3 is 20.7 Å². The van der Waals surface area contributed by atoms with E-state index in [1.807, 2.05) is 0 Å².